The standard InChI is InChI=1S/C16H18O3/c1-2-19-16(18)14-12(10-6-4-3-5-7-10)13(14)15(17)11-8-9-11/h3-7,11-14H,2,8-9H2,1H3. The lowest BCUT2D eigenvalue weighted by atomic mass is 10.1. The summed E-state index contributed by atoms with van der Waals surface area (Å²) in [5, 5.41) is 0. The zero-order valence-corrected chi connectivity index (χ0v) is 11.0. The second-order valence-corrected chi connectivity index (χ2v) is 5.42. The first-order valence-corrected chi connectivity index (χ1v) is 6.99. The van der Waals surface area contributed by atoms with Crippen LogP contribution in [0.25, 0.3) is 0 Å². The summed E-state index contributed by atoms with van der Waals surface area (Å²) in [6.07, 6.45) is 1.98. The van der Waals surface area contributed by atoms with E-state index in [0.717, 1.165) is 18.4 Å². The minimum atomic E-state index is -0.254. The Morgan fingerprint density at radius 2 is 1.84 bits per heavy atom. The lowest BCUT2D eigenvalue weighted by molar-refractivity contribution is -0.146. The van der Waals surface area contributed by atoms with Crippen LogP contribution >= 0.6 is 0 Å². The number of ether oxygens (including phenoxy) is 1. The van der Waals surface area contributed by atoms with Crippen LogP contribution in [0.1, 0.15) is 31.2 Å². The van der Waals surface area contributed by atoms with Crippen LogP contribution in [0.5, 0.6) is 0 Å². The molecule has 2 fully saturated rings. The average molecular weight is 258 g/mol. The van der Waals surface area contributed by atoms with Crippen LogP contribution in [0.15, 0.2) is 30.3 Å². The highest BCUT2D eigenvalue weighted by Gasteiger charge is 2.61. The topological polar surface area (TPSA) is 43.4 Å². The Morgan fingerprint density at radius 1 is 1.16 bits per heavy atom. The fraction of sp³-hybridized carbons (Fsp3) is 0.500. The third kappa shape index (κ3) is 2.29. The second-order valence-electron chi connectivity index (χ2n) is 5.42. The lowest BCUT2D eigenvalue weighted by Crippen LogP contribution is -2.12. The molecule has 3 unspecified atom stereocenters. The van der Waals surface area contributed by atoms with Gasteiger partial charge in [-0.2, -0.15) is 0 Å². The highest BCUT2D eigenvalue weighted by molar-refractivity contribution is 5.96. The van der Waals surface area contributed by atoms with Gasteiger partial charge in [0.05, 0.1) is 12.5 Å². The summed E-state index contributed by atoms with van der Waals surface area (Å²) in [5.74, 6) is -0.101. The van der Waals surface area contributed by atoms with Crippen LogP contribution in [-0.4, -0.2) is 18.4 Å². The summed E-state index contributed by atoms with van der Waals surface area (Å²) in [6.45, 7) is 2.18. The summed E-state index contributed by atoms with van der Waals surface area (Å²) in [7, 11) is 0. The van der Waals surface area contributed by atoms with Gasteiger partial charge in [-0.25, -0.2) is 0 Å². The predicted molar refractivity (Wildman–Crippen MR) is 70.5 cm³/mol. The fourth-order valence-corrected chi connectivity index (χ4v) is 2.93. The molecular formula is C16H18O3. The Kier molecular flexibility index (Phi) is 3.13. The van der Waals surface area contributed by atoms with E-state index < -0.39 is 0 Å². The molecule has 2 aliphatic carbocycles. The van der Waals surface area contributed by atoms with Gasteiger partial charge < -0.3 is 4.74 Å². The Hall–Kier alpha value is -1.64. The molecule has 3 rings (SSSR count). The number of esters is 1. The maximum Gasteiger partial charge on any atom is 0.310 e. The second kappa shape index (κ2) is 4.80. The molecule has 0 N–H and O–H groups in total. The monoisotopic (exact) mass is 258 g/mol. The molecule has 0 amide bonds. The Bertz CT molecular complexity index is 490. The van der Waals surface area contributed by atoms with E-state index in [2.05, 4.69) is 0 Å². The van der Waals surface area contributed by atoms with E-state index in [4.69, 9.17) is 4.74 Å². The van der Waals surface area contributed by atoms with E-state index in [1.165, 1.54) is 0 Å². The van der Waals surface area contributed by atoms with Gasteiger partial charge in [0.25, 0.3) is 0 Å². The minimum Gasteiger partial charge on any atom is -0.466 e. The number of hydrogen-bond acceptors (Lipinski definition) is 3. The molecule has 3 heteroatoms. The van der Waals surface area contributed by atoms with E-state index >= 15 is 0 Å². The molecule has 2 saturated carbocycles. The molecular weight excluding hydrogens is 240 g/mol. The SMILES string of the molecule is CCOC(=O)C1C(C(=O)C2CC2)C1c1ccccc1. The quantitative estimate of drug-likeness (QED) is 0.762. The normalized spacial score (nSPS) is 28.8. The first-order valence-electron chi connectivity index (χ1n) is 6.99. The van der Waals surface area contributed by atoms with E-state index in [1.54, 1.807) is 6.92 Å². The van der Waals surface area contributed by atoms with Crippen LogP contribution in [-0.2, 0) is 14.3 Å². The van der Waals surface area contributed by atoms with Crippen molar-refractivity contribution in [2.24, 2.45) is 17.8 Å². The van der Waals surface area contributed by atoms with Crippen molar-refractivity contribution in [3.63, 3.8) is 0 Å². The molecule has 3 atom stereocenters. The number of carbonyl (C=O) groups excluding carboxylic acids is 2. The zero-order valence-electron chi connectivity index (χ0n) is 11.0. The van der Waals surface area contributed by atoms with Crippen molar-refractivity contribution in [1.82, 2.24) is 0 Å². The largest absolute Gasteiger partial charge is 0.466 e. The average Bonchev–Trinajstić information content (AvgIpc) is 3.31. The summed E-state index contributed by atoms with van der Waals surface area (Å²) < 4.78 is 5.11. The maximum atomic E-state index is 12.3. The Balaban J connectivity index is 1.80. The number of carbonyl (C=O) groups is 2. The van der Waals surface area contributed by atoms with Crippen molar-refractivity contribution >= 4 is 11.8 Å². The molecule has 0 saturated heterocycles. The van der Waals surface area contributed by atoms with Gasteiger partial charge in [0.15, 0.2) is 0 Å². The Morgan fingerprint density at radius 3 is 2.42 bits per heavy atom. The highest BCUT2D eigenvalue weighted by atomic mass is 16.5. The lowest BCUT2D eigenvalue weighted by Gasteiger charge is -2.00. The zero-order chi connectivity index (χ0) is 13.4. The van der Waals surface area contributed by atoms with E-state index in [9.17, 15) is 9.59 Å². The number of hydrogen-bond donors (Lipinski definition) is 0. The minimum absolute atomic E-state index is 0.0355. The van der Waals surface area contributed by atoms with Gasteiger partial charge >= 0.3 is 5.97 Å². The van der Waals surface area contributed by atoms with Crippen molar-refractivity contribution in [1.29, 1.82) is 0 Å². The summed E-state index contributed by atoms with van der Waals surface area (Å²) in [4.78, 5) is 24.2. The number of rotatable bonds is 5. The van der Waals surface area contributed by atoms with Gasteiger partial charge in [0, 0.05) is 17.8 Å². The maximum absolute atomic E-state index is 12.3. The van der Waals surface area contributed by atoms with Crippen molar-refractivity contribution in [3.05, 3.63) is 35.9 Å². The fourth-order valence-electron chi connectivity index (χ4n) is 2.93. The molecule has 0 bridgehead atoms. The molecule has 0 heterocycles. The highest BCUT2D eigenvalue weighted by Crippen LogP contribution is 2.57. The van der Waals surface area contributed by atoms with Gasteiger partial charge in [-0.15, -0.1) is 0 Å². The number of benzene rings is 1. The van der Waals surface area contributed by atoms with Crippen LogP contribution < -0.4 is 0 Å². The molecule has 2 aliphatic rings. The third-order valence-corrected chi connectivity index (χ3v) is 4.07. The van der Waals surface area contributed by atoms with Crippen molar-refractivity contribution < 1.29 is 14.3 Å². The molecule has 0 spiro atoms. The third-order valence-electron chi connectivity index (χ3n) is 4.07. The summed E-state index contributed by atoms with van der Waals surface area (Å²) >= 11 is 0. The molecule has 0 aromatic heterocycles. The molecule has 0 radical (unpaired) electrons. The summed E-state index contributed by atoms with van der Waals surface area (Å²) in [6, 6.07) is 9.85. The van der Waals surface area contributed by atoms with Crippen LogP contribution in [0, 0.1) is 17.8 Å². The smallest absolute Gasteiger partial charge is 0.310 e. The van der Waals surface area contributed by atoms with E-state index in [0.29, 0.717) is 6.61 Å². The van der Waals surface area contributed by atoms with Crippen molar-refractivity contribution in [2.45, 2.75) is 25.7 Å². The van der Waals surface area contributed by atoms with Gasteiger partial charge in [0.2, 0.25) is 0 Å². The van der Waals surface area contributed by atoms with Gasteiger partial charge in [0.1, 0.15) is 5.78 Å². The van der Waals surface area contributed by atoms with Crippen LogP contribution in [0.4, 0.5) is 0 Å². The first kappa shape index (κ1) is 12.4. The molecule has 3 nitrogen and oxygen atoms in total. The molecule has 1 aromatic rings. The van der Waals surface area contributed by atoms with Gasteiger partial charge in [-0.05, 0) is 25.3 Å². The number of ketones is 1. The number of Topliss-reactive ketones (excluding diaryl/α,β-unsaturated/α-hetero) is 1. The molecule has 1 aromatic carbocycles. The van der Waals surface area contributed by atoms with Crippen molar-refractivity contribution in [2.75, 3.05) is 6.61 Å². The van der Waals surface area contributed by atoms with Crippen molar-refractivity contribution in [3.8, 4) is 0 Å². The summed E-state index contributed by atoms with van der Waals surface area (Å²) in [5.41, 5.74) is 1.08. The van der Waals surface area contributed by atoms with Crippen LogP contribution in [0.2, 0.25) is 0 Å². The van der Waals surface area contributed by atoms with Crippen LogP contribution in [0.3, 0.4) is 0 Å². The van der Waals surface area contributed by atoms with E-state index in [-0.39, 0.29) is 35.4 Å². The van der Waals surface area contributed by atoms with Gasteiger partial charge in [-0.1, -0.05) is 30.3 Å². The molecule has 0 aliphatic heterocycles. The predicted octanol–water partition coefficient (Wildman–Crippen LogP) is 2.56. The first-order chi connectivity index (χ1) is 9.24. The molecule has 100 valence electrons. The molecule has 19 heavy (non-hydrogen) atoms. The van der Waals surface area contributed by atoms with E-state index in [1.807, 2.05) is 30.3 Å². The van der Waals surface area contributed by atoms with Gasteiger partial charge in [-0.3, -0.25) is 9.59 Å². The Labute approximate surface area is 113 Å².